The number of esters is 1. The summed E-state index contributed by atoms with van der Waals surface area (Å²) in [5, 5.41) is 4.50. The second-order valence-electron chi connectivity index (χ2n) is 3.66. The van der Waals surface area contributed by atoms with Crippen LogP contribution in [0, 0.1) is 0 Å². The molecule has 1 aromatic heterocycles. The van der Waals surface area contributed by atoms with Crippen molar-refractivity contribution >= 4 is 23.4 Å². The molecule has 0 aliphatic heterocycles. The Morgan fingerprint density at radius 1 is 1.26 bits per heavy atom. The van der Waals surface area contributed by atoms with Gasteiger partial charge >= 0.3 is 5.97 Å². The Kier molecular flexibility index (Phi) is 3.97. The highest BCUT2D eigenvalue weighted by Crippen LogP contribution is 2.15. The van der Waals surface area contributed by atoms with Gasteiger partial charge in [-0.2, -0.15) is 5.10 Å². The van der Waals surface area contributed by atoms with Crippen molar-refractivity contribution in [2.75, 3.05) is 6.61 Å². The predicted molar refractivity (Wildman–Crippen MR) is 69.5 cm³/mol. The van der Waals surface area contributed by atoms with Crippen LogP contribution in [-0.2, 0) is 9.53 Å². The third-order valence-electron chi connectivity index (χ3n) is 2.43. The number of benzene rings is 1. The Morgan fingerprint density at radius 3 is 2.47 bits per heavy atom. The van der Waals surface area contributed by atoms with Crippen LogP contribution in [0.25, 0.3) is 5.69 Å². The average Bonchev–Trinajstić information content (AvgIpc) is 2.84. The van der Waals surface area contributed by atoms with E-state index in [0.29, 0.717) is 10.8 Å². The van der Waals surface area contributed by atoms with Crippen molar-refractivity contribution < 1.29 is 14.3 Å². The maximum Gasteiger partial charge on any atom is 0.379 e. The number of Topliss-reactive ketones (excluding diaryl/α,β-unsaturated/α-hetero) is 1. The summed E-state index contributed by atoms with van der Waals surface area (Å²) in [7, 11) is 0. The molecule has 0 saturated carbocycles. The summed E-state index contributed by atoms with van der Waals surface area (Å²) in [6.07, 6.45) is 1.57. The van der Waals surface area contributed by atoms with Gasteiger partial charge in [0.25, 0.3) is 5.78 Å². The van der Waals surface area contributed by atoms with E-state index in [4.69, 9.17) is 11.6 Å². The molecule has 0 unspecified atom stereocenters. The molecule has 6 heteroatoms. The fourth-order valence-corrected chi connectivity index (χ4v) is 1.74. The number of hydrogen-bond donors (Lipinski definition) is 0. The van der Waals surface area contributed by atoms with Crippen molar-refractivity contribution in [3.05, 3.63) is 47.2 Å². The van der Waals surface area contributed by atoms with Gasteiger partial charge in [0, 0.05) is 5.56 Å². The van der Waals surface area contributed by atoms with E-state index in [1.807, 2.05) is 0 Å². The normalized spacial score (nSPS) is 10.2. The summed E-state index contributed by atoms with van der Waals surface area (Å²) in [6.45, 7) is 1.82. The summed E-state index contributed by atoms with van der Waals surface area (Å²) in [4.78, 5) is 23.0. The fraction of sp³-hybridized carbons (Fsp3) is 0.154. The molecule has 5 nitrogen and oxygen atoms in total. The number of ether oxygens (including phenoxy) is 1. The fourth-order valence-electron chi connectivity index (χ4n) is 1.55. The third kappa shape index (κ3) is 2.82. The molecule has 0 atom stereocenters. The van der Waals surface area contributed by atoms with E-state index >= 15 is 0 Å². The number of carbonyl (C=O) groups excluding carboxylic acids is 2. The van der Waals surface area contributed by atoms with E-state index in [0.717, 1.165) is 0 Å². The van der Waals surface area contributed by atoms with Gasteiger partial charge in [0.2, 0.25) is 0 Å². The molecule has 0 aliphatic carbocycles. The van der Waals surface area contributed by atoms with E-state index in [2.05, 4.69) is 9.84 Å². The smallest absolute Gasteiger partial charge is 0.379 e. The summed E-state index contributed by atoms with van der Waals surface area (Å²) >= 11 is 5.93. The zero-order valence-corrected chi connectivity index (χ0v) is 10.9. The molecule has 0 spiro atoms. The van der Waals surface area contributed by atoms with Crippen molar-refractivity contribution in [2.24, 2.45) is 0 Å². The molecule has 2 aromatic rings. The number of rotatable bonds is 4. The summed E-state index contributed by atoms with van der Waals surface area (Å²) < 4.78 is 6.17. The maximum atomic E-state index is 11.7. The molecule has 0 aliphatic rings. The lowest BCUT2D eigenvalue weighted by atomic mass is 10.1. The minimum Gasteiger partial charge on any atom is -0.460 e. The van der Waals surface area contributed by atoms with Crippen molar-refractivity contribution in [1.29, 1.82) is 0 Å². The summed E-state index contributed by atoms with van der Waals surface area (Å²) in [5.74, 6) is -1.52. The van der Waals surface area contributed by atoms with Gasteiger partial charge in [-0.25, -0.2) is 9.48 Å². The second-order valence-corrected chi connectivity index (χ2v) is 4.05. The van der Waals surface area contributed by atoms with Crippen LogP contribution >= 0.6 is 11.6 Å². The minimum atomic E-state index is -0.854. The molecule has 2 rings (SSSR count). The maximum absolute atomic E-state index is 11.7. The Bertz CT molecular complexity index is 605. The topological polar surface area (TPSA) is 61.2 Å². The SMILES string of the molecule is CCOC(=O)C(=O)c1ccc(-n2nccc2Cl)cc1. The van der Waals surface area contributed by atoms with E-state index in [-0.39, 0.29) is 12.2 Å². The van der Waals surface area contributed by atoms with Crippen LogP contribution in [0.5, 0.6) is 0 Å². The molecule has 0 amide bonds. The molecule has 0 saturated heterocycles. The van der Waals surface area contributed by atoms with Crippen LogP contribution < -0.4 is 0 Å². The van der Waals surface area contributed by atoms with E-state index in [9.17, 15) is 9.59 Å². The van der Waals surface area contributed by atoms with Crippen molar-refractivity contribution in [3.8, 4) is 5.69 Å². The van der Waals surface area contributed by atoms with Crippen molar-refractivity contribution in [3.63, 3.8) is 0 Å². The molecule has 1 aromatic carbocycles. The lowest BCUT2D eigenvalue weighted by Crippen LogP contribution is -2.17. The van der Waals surface area contributed by atoms with Gasteiger partial charge in [-0.15, -0.1) is 0 Å². The first-order valence-electron chi connectivity index (χ1n) is 5.65. The standard InChI is InChI=1S/C13H11ClN2O3/c1-2-19-13(18)12(17)9-3-5-10(6-4-9)16-11(14)7-8-15-16/h3-8H,2H2,1H3. The predicted octanol–water partition coefficient (Wildman–Crippen LogP) is 2.27. The first-order valence-corrected chi connectivity index (χ1v) is 6.02. The molecule has 0 fully saturated rings. The van der Waals surface area contributed by atoms with Crippen LogP contribution in [0.15, 0.2) is 36.5 Å². The highest BCUT2D eigenvalue weighted by molar-refractivity contribution is 6.40. The molecule has 0 N–H and O–H groups in total. The van der Waals surface area contributed by atoms with Gasteiger partial charge in [-0.1, -0.05) is 11.6 Å². The van der Waals surface area contributed by atoms with Crippen LogP contribution in [0.1, 0.15) is 17.3 Å². The van der Waals surface area contributed by atoms with Crippen LogP contribution in [-0.4, -0.2) is 28.1 Å². The van der Waals surface area contributed by atoms with Crippen LogP contribution in [0.2, 0.25) is 5.15 Å². The van der Waals surface area contributed by atoms with Crippen LogP contribution in [0.4, 0.5) is 0 Å². The highest BCUT2D eigenvalue weighted by atomic mass is 35.5. The Labute approximate surface area is 114 Å². The molecule has 0 radical (unpaired) electrons. The zero-order chi connectivity index (χ0) is 13.8. The van der Waals surface area contributed by atoms with E-state index in [1.54, 1.807) is 31.3 Å². The number of aromatic nitrogens is 2. The van der Waals surface area contributed by atoms with E-state index < -0.39 is 11.8 Å². The molecule has 1 heterocycles. The monoisotopic (exact) mass is 278 g/mol. The quantitative estimate of drug-likeness (QED) is 0.489. The number of ketones is 1. The van der Waals surface area contributed by atoms with Gasteiger partial charge in [-0.05, 0) is 37.3 Å². The van der Waals surface area contributed by atoms with Gasteiger partial charge in [0.15, 0.2) is 0 Å². The Morgan fingerprint density at radius 2 is 1.95 bits per heavy atom. The van der Waals surface area contributed by atoms with Gasteiger partial charge in [-0.3, -0.25) is 4.79 Å². The second kappa shape index (κ2) is 5.67. The van der Waals surface area contributed by atoms with Crippen molar-refractivity contribution in [2.45, 2.75) is 6.92 Å². The zero-order valence-electron chi connectivity index (χ0n) is 10.2. The first kappa shape index (κ1) is 13.3. The van der Waals surface area contributed by atoms with E-state index in [1.165, 1.54) is 16.8 Å². The molecular weight excluding hydrogens is 268 g/mol. The molecular formula is C13H11ClN2O3. The largest absolute Gasteiger partial charge is 0.460 e. The number of nitrogens with zero attached hydrogens (tertiary/aromatic N) is 2. The minimum absolute atomic E-state index is 0.172. The number of carbonyl (C=O) groups is 2. The number of halogens is 1. The first-order chi connectivity index (χ1) is 9.13. The van der Waals surface area contributed by atoms with Crippen LogP contribution in [0.3, 0.4) is 0 Å². The average molecular weight is 279 g/mol. The lowest BCUT2D eigenvalue weighted by Gasteiger charge is -2.04. The molecule has 98 valence electrons. The number of hydrogen-bond acceptors (Lipinski definition) is 4. The van der Waals surface area contributed by atoms with Crippen molar-refractivity contribution in [1.82, 2.24) is 9.78 Å². The molecule has 0 bridgehead atoms. The van der Waals surface area contributed by atoms with Gasteiger partial charge < -0.3 is 4.74 Å². The van der Waals surface area contributed by atoms with Gasteiger partial charge in [0.05, 0.1) is 18.5 Å². The molecule has 19 heavy (non-hydrogen) atoms. The van der Waals surface area contributed by atoms with Gasteiger partial charge in [0.1, 0.15) is 5.15 Å². The lowest BCUT2D eigenvalue weighted by molar-refractivity contribution is -0.137. The Balaban J connectivity index is 2.22. The highest BCUT2D eigenvalue weighted by Gasteiger charge is 2.17. The summed E-state index contributed by atoms with van der Waals surface area (Å²) in [6, 6.07) is 8.04. The third-order valence-corrected chi connectivity index (χ3v) is 2.72. The Hall–Kier alpha value is -2.14. The summed E-state index contributed by atoms with van der Waals surface area (Å²) in [5.41, 5.74) is 0.973.